The van der Waals surface area contributed by atoms with E-state index in [1.165, 1.54) is 29.7 Å². The van der Waals surface area contributed by atoms with Crippen LogP contribution in [-0.2, 0) is 17.9 Å². The van der Waals surface area contributed by atoms with Gasteiger partial charge in [0, 0.05) is 38.1 Å². The van der Waals surface area contributed by atoms with E-state index in [9.17, 15) is 14.0 Å². The molecule has 0 saturated carbocycles. The highest BCUT2D eigenvalue weighted by atomic mass is 32.1. The second-order valence-corrected chi connectivity index (χ2v) is 8.63. The van der Waals surface area contributed by atoms with Crippen LogP contribution in [-0.4, -0.2) is 45.5 Å². The summed E-state index contributed by atoms with van der Waals surface area (Å²) in [6, 6.07) is 6.11. The average Bonchev–Trinajstić information content (AvgIpc) is 3.44. The predicted octanol–water partition coefficient (Wildman–Crippen LogP) is 2.83. The van der Waals surface area contributed by atoms with Gasteiger partial charge in [-0.25, -0.2) is 14.4 Å². The number of nitrogens with one attached hydrogen (secondary N) is 2. The highest BCUT2D eigenvalue weighted by Gasteiger charge is 2.18. The van der Waals surface area contributed by atoms with E-state index in [0.29, 0.717) is 23.1 Å². The Hall–Kier alpha value is -3.27. The number of nitrogens with zero attached hydrogens (tertiary/aromatic N) is 4. The van der Waals surface area contributed by atoms with Crippen LogP contribution in [0.3, 0.4) is 0 Å². The Morgan fingerprint density at radius 3 is 2.72 bits per heavy atom. The third-order valence-corrected chi connectivity index (χ3v) is 5.55. The molecule has 10 heteroatoms. The molecule has 0 saturated heterocycles. The zero-order valence-electron chi connectivity index (χ0n) is 18.1. The predicted molar refractivity (Wildman–Crippen MR) is 122 cm³/mol. The Morgan fingerprint density at radius 1 is 1.25 bits per heavy atom. The van der Waals surface area contributed by atoms with E-state index in [1.54, 1.807) is 29.6 Å². The summed E-state index contributed by atoms with van der Waals surface area (Å²) in [6.45, 7) is 5.52. The van der Waals surface area contributed by atoms with E-state index in [4.69, 9.17) is 0 Å². The van der Waals surface area contributed by atoms with E-state index < -0.39 is 0 Å². The minimum atomic E-state index is -0.320. The molecule has 8 nitrogen and oxygen atoms in total. The molecule has 0 aliphatic rings. The summed E-state index contributed by atoms with van der Waals surface area (Å²) in [6.07, 6.45) is 7.63. The van der Waals surface area contributed by atoms with Gasteiger partial charge in [-0.05, 0) is 38.0 Å². The van der Waals surface area contributed by atoms with Crippen LogP contribution < -0.4 is 15.5 Å². The quantitative estimate of drug-likeness (QED) is 0.431. The van der Waals surface area contributed by atoms with E-state index in [2.05, 4.69) is 20.6 Å². The third kappa shape index (κ3) is 7.16. The fraction of sp³-hybridized carbons (Fsp3) is 0.364. The highest BCUT2D eigenvalue weighted by Crippen LogP contribution is 2.24. The van der Waals surface area contributed by atoms with Gasteiger partial charge in [0.25, 0.3) is 5.91 Å². The van der Waals surface area contributed by atoms with Gasteiger partial charge in [0.1, 0.15) is 10.7 Å². The number of rotatable bonds is 11. The van der Waals surface area contributed by atoms with Gasteiger partial charge in [0.15, 0.2) is 5.13 Å². The summed E-state index contributed by atoms with van der Waals surface area (Å²) in [7, 11) is 0. The highest BCUT2D eigenvalue weighted by molar-refractivity contribution is 7.17. The first-order valence-electron chi connectivity index (χ1n) is 10.4. The Balaban J connectivity index is 1.62. The molecular formula is C22H27FN6O2S. The van der Waals surface area contributed by atoms with Crippen molar-refractivity contribution in [1.29, 1.82) is 0 Å². The zero-order valence-corrected chi connectivity index (χ0v) is 18.9. The Morgan fingerprint density at radius 2 is 2.03 bits per heavy atom. The van der Waals surface area contributed by atoms with Crippen molar-refractivity contribution >= 4 is 28.3 Å². The molecule has 0 atom stereocenters. The molecule has 2 N–H and O–H groups in total. The lowest BCUT2D eigenvalue weighted by molar-refractivity contribution is -0.120. The van der Waals surface area contributed by atoms with Crippen LogP contribution in [0.5, 0.6) is 0 Å². The van der Waals surface area contributed by atoms with Gasteiger partial charge in [-0.2, -0.15) is 0 Å². The average molecular weight is 459 g/mol. The topological polar surface area (TPSA) is 92.1 Å². The van der Waals surface area contributed by atoms with Crippen LogP contribution in [0.1, 0.15) is 35.5 Å². The molecule has 3 rings (SSSR count). The van der Waals surface area contributed by atoms with Crippen LogP contribution in [0.15, 0.2) is 49.2 Å². The summed E-state index contributed by atoms with van der Waals surface area (Å²) < 4.78 is 15.2. The van der Waals surface area contributed by atoms with Crippen molar-refractivity contribution in [2.24, 2.45) is 0 Å². The number of hydrogen-bond donors (Lipinski definition) is 2. The Bertz CT molecular complexity index is 1000. The van der Waals surface area contributed by atoms with E-state index in [0.717, 1.165) is 18.5 Å². The van der Waals surface area contributed by atoms with Crippen LogP contribution in [0, 0.1) is 5.82 Å². The number of thiazole rings is 1. The van der Waals surface area contributed by atoms with Gasteiger partial charge in [0.05, 0.1) is 19.1 Å². The number of benzene rings is 1. The fourth-order valence-electron chi connectivity index (χ4n) is 3.03. The summed E-state index contributed by atoms with van der Waals surface area (Å²) in [5, 5.41) is 6.31. The molecule has 170 valence electrons. The number of anilines is 1. The van der Waals surface area contributed by atoms with Crippen molar-refractivity contribution in [2.75, 3.05) is 18.0 Å². The standard InChI is InChI=1S/C22H27FN6O2S/c1-16(2)27-20(30)14-29(13-17-4-6-18(23)7-5-17)22-26-12-19(32-22)21(31)25-8-3-10-28-11-9-24-15-28/h4-7,9,11-12,15-16H,3,8,10,13-14H2,1-2H3,(H,25,31)(H,27,30). The molecule has 0 bridgehead atoms. The van der Waals surface area contributed by atoms with Crippen LogP contribution in [0.4, 0.5) is 9.52 Å². The molecule has 2 aromatic heterocycles. The molecule has 1 aromatic carbocycles. The first-order chi connectivity index (χ1) is 15.4. The number of carbonyl (C=O) groups excluding carboxylic acids is 2. The lowest BCUT2D eigenvalue weighted by Crippen LogP contribution is -2.40. The number of halogens is 1. The van der Waals surface area contributed by atoms with Crippen molar-refractivity contribution in [3.63, 3.8) is 0 Å². The summed E-state index contributed by atoms with van der Waals surface area (Å²) >= 11 is 1.22. The van der Waals surface area contributed by atoms with E-state index >= 15 is 0 Å². The SMILES string of the molecule is CC(C)NC(=O)CN(Cc1ccc(F)cc1)c1ncc(C(=O)NCCCn2ccnc2)s1. The maximum Gasteiger partial charge on any atom is 0.263 e. The molecule has 0 radical (unpaired) electrons. The van der Waals surface area contributed by atoms with Gasteiger partial charge >= 0.3 is 0 Å². The third-order valence-electron chi connectivity index (χ3n) is 4.50. The first-order valence-corrected chi connectivity index (χ1v) is 11.2. The monoisotopic (exact) mass is 458 g/mol. The van der Waals surface area contributed by atoms with Gasteiger partial charge in [0.2, 0.25) is 5.91 Å². The van der Waals surface area contributed by atoms with Gasteiger partial charge in [-0.3, -0.25) is 9.59 Å². The van der Waals surface area contributed by atoms with Crippen LogP contribution >= 0.6 is 11.3 Å². The molecule has 0 spiro atoms. The van der Waals surface area contributed by atoms with E-state index in [-0.39, 0.29) is 30.2 Å². The largest absolute Gasteiger partial charge is 0.352 e. The molecule has 0 aliphatic carbocycles. The van der Waals surface area contributed by atoms with Gasteiger partial charge in [-0.1, -0.05) is 23.5 Å². The second kappa shape index (κ2) is 11.4. The molecule has 3 aromatic rings. The van der Waals surface area contributed by atoms with E-state index in [1.807, 2.05) is 24.6 Å². The summed E-state index contributed by atoms with van der Waals surface area (Å²) in [4.78, 5) is 35.5. The van der Waals surface area contributed by atoms with Gasteiger partial charge in [-0.15, -0.1) is 0 Å². The minimum Gasteiger partial charge on any atom is -0.352 e. The molecule has 0 fully saturated rings. The second-order valence-electron chi connectivity index (χ2n) is 7.62. The van der Waals surface area contributed by atoms with Crippen LogP contribution in [0.25, 0.3) is 0 Å². The molecule has 0 aliphatic heterocycles. The smallest absolute Gasteiger partial charge is 0.263 e. The zero-order chi connectivity index (χ0) is 22.9. The van der Waals surface area contributed by atoms with Gasteiger partial charge < -0.3 is 20.1 Å². The summed E-state index contributed by atoms with van der Waals surface area (Å²) in [5.74, 6) is -0.672. The van der Waals surface area contributed by atoms with Crippen molar-refractivity contribution in [3.05, 3.63) is 65.4 Å². The maximum atomic E-state index is 13.3. The number of carbonyl (C=O) groups is 2. The van der Waals surface area contributed by atoms with Crippen molar-refractivity contribution in [1.82, 2.24) is 25.2 Å². The Labute approximate surface area is 190 Å². The summed E-state index contributed by atoms with van der Waals surface area (Å²) in [5.41, 5.74) is 0.837. The van der Waals surface area contributed by atoms with Crippen LogP contribution in [0.2, 0.25) is 0 Å². The Kier molecular flexibility index (Phi) is 8.32. The molecule has 2 heterocycles. The minimum absolute atomic E-state index is 0.00938. The molecular weight excluding hydrogens is 431 g/mol. The normalized spacial score (nSPS) is 10.9. The number of aromatic nitrogens is 3. The number of hydrogen-bond acceptors (Lipinski definition) is 6. The maximum absolute atomic E-state index is 13.3. The molecule has 2 amide bonds. The number of aryl methyl sites for hydroxylation is 1. The van der Waals surface area contributed by atoms with Crippen molar-refractivity contribution in [3.8, 4) is 0 Å². The molecule has 0 unspecified atom stereocenters. The number of imidazole rings is 1. The fourth-order valence-corrected chi connectivity index (χ4v) is 3.86. The number of amides is 2. The lowest BCUT2D eigenvalue weighted by atomic mass is 10.2. The van der Waals surface area contributed by atoms with Crippen molar-refractivity contribution < 1.29 is 14.0 Å². The first kappa shape index (κ1) is 23.4. The lowest BCUT2D eigenvalue weighted by Gasteiger charge is -2.22. The van der Waals surface area contributed by atoms with Crippen molar-refractivity contribution in [2.45, 2.75) is 39.4 Å². The molecule has 32 heavy (non-hydrogen) atoms.